The van der Waals surface area contributed by atoms with Gasteiger partial charge in [0.05, 0.1) is 48.6 Å². The molecule has 1 amide bonds. The Morgan fingerprint density at radius 1 is 1.41 bits per heavy atom. The standard InChI is InChI=1S/C16H20N4O2/c1-20(16(21)8-13-10-17-6-7-22-13)11-12-9-18-14-4-2-3-5-15(14)19-12/h2-5,9,13,17H,6-8,10-11H2,1H3/t13-/m0/s1. The first-order valence-electron chi connectivity index (χ1n) is 7.49. The number of hydrogen-bond acceptors (Lipinski definition) is 5. The summed E-state index contributed by atoms with van der Waals surface area (Å²) in [5.74, 6) is 0.0589. The van der Waals surface area contributed by atoms with Gasteiger partial charge in [0, 0.05) is 20.1 Å². The number of para-hydroxylation sites is 2. The molecule has 6 nitrogen and oxygen atoms in total. The van der Waals surface area contributed by atoms with Crippen LogP contribution in [-0.4, -0.2) is 53.6 Å². The number of nitrogens with zero attached hydrogens (tertiary/aromatic N) is 3. The normalized spacial score (nSPS) is 18.3. The Hall–Kier alpha value is -2.05. The van der Waals surface area contributed by atoms with Gasteiger partial charge in [0.15, 0.2) is 0 Å². The van der Waals surface area contributed by atoms with Crippen LogP contribution in [0.4, 0.5) is 0 Å². The molecular formula is C16H20N4O2. The summed E-state index contributed by atoms with van der Waals surface area (Å²) >= 11 is 0. The van der Waals surface area contributed by atoms with Crippen molar-refractivity contribution in [3.05, 3.63) is 36.2 Å². The molecule has 0 aliphatic carbocycles. The highest BCUT2D eigenvalue weighted by atomic mass is 16.5. The zero-order valence-corrected chi connectivity index (χ0v) is 12.7. The number of carbonyl (C=O) groups is 1. The molecule has 0 bridgehead atoms. The number of ether oxygens (including phenoxy) is 1. The third-order valence-corrected chi connectivity index (χ3v) is 3.73. The van der Waals surface area contributed by atoms with Gasteiger partial charge in [0.1, 0.15) is 0 Å². The highest BCUT2D eigenvalue weighted by Gasteiger charge is 2.20. The van der Waals surface area contributed by atoms with E-state index in [1.165, 1.54) is 0 Å². The molecule has 1 atom stereocenters. The third-order valence-electron chi connectivity index (χ3n) is 3.73. The summed E-state index contributed by atoms with van der Waals surface area (Å²) < 4.78 is 5.57. The Kier molecular flexibility index (Phi) is 4.60. The number of rotatable bonds is 4. The third kappa shape index (κ3) is 3.58. The van der Waals surface area contributed by atoms with Crippen molar-refractivity contribution in [3.8, 4) is 0 Å². The molecular weight excluding hydrogens is 280 g/mol. The average Bonchev–Trinajstić information content (AvgIpc) is 2.55. The van der Waals surface area contributed by atoms with Crippen molar-refractivity contribution in [1.82, 2.24) is 20.2 Å². The SMILES string of the molecule is CN(Cc1cnc2ccccc2n1)C(=O)C[C@H]1CNCCO1. The molecule has 1 aromatic carbocycles. The highest BCUT2D eigenvalue weighted by Crippen LogP contribution is 2.11. The van der Waals surface area contributed by atoms with Gasteiger partial charge in [-0.1, -0.05) is 12.1 Å². The first-order chi connectivity index (χ1) is 10.7. The molecule has 2 heterocycles. The Morgan fingerprint density at radius 2 is 2.23 bits per heavy atom. The van der Waals surface area contributed by atoms with E-state index in [9.17, 15) is 4.79 Å². The maximum atomic E-state index is 12.2. The van der Waals surface area contributed by atoms with Crippen molar-refractivity contribution in [2.24, 2.45) is 0 Å². The lowest BCUT2D eigenvalue weighted by Gasteiger charge is -2.25. The Bertz CT molecular complexity index is 655. The zero-order chi connectivity index (χ0) is 15.4. The van der Waals surface area contributed by atoms with E-state index >= 15 is 0 Å². The maximum Gasteiger partial charge on any atom is 0.225 e. The minimum absolute atomic E-state index is 0.0358. The molecule has 1 saturated heterocycles. The summed E-state index contributed by atoms with van der Waals surface area (Å²) in [5, 5.41) is 3.23. The number of nitrogens with one attached hydrogen (secondary N) is 1. The van der Waals surface area contributed by atoms with Crippen LogP contribution in [0.5, 0.6) is 0 Å². The van der Waals surface area contributed by atoms with E-state index < -0.39 is 0 Å². The topological polar surface area (TPSA) is 67.4 Å². The Balaban J connectivity index is 1.61. The maximum absolute atomic E-state index is 12.2. The fourth-order valence-electron chi connectivity index (χ4n) is 2.50. The highest BCUT2D eigenvalue weighted by molar-refractivity contribution is 5.76. The number of hydrogen-bond donors (Lipinski definition) is 1. The van der Waals surface area contributed by atoms with E-state index in [1.54, 1.807) is 18.1 Å². The molecule has 0 unspecified atom stereocenters. The minimum Gasteiger partial charge on any atom is -0.375 e. The van der Waals surface area contributed by atoms with Crippen molar-refractivity contribution < 1.29 is 9.53 Å². The number of benzene rings is 1. The fourth-order valence-corrected chi connectivity index (χ4v) is 2.50. The predicted molar refractivity (Wildman–Crippen MR) is 83.2 cm³/mol. The molecule has 0 saturated carbocycles. The van der Waals surface area contributed by atoms with Crippen molar-refractivity contribution in [3.63, 3.8) is 0 Å². The van der Waals surface area contributed by atoms with E-state index in [2.05, 4.69) is 15.3 Å². The second-order valence-corrected chi connectivity index (χ2v) is 5.50. The lowest BCUT2D eigenvalue weighted by Crippen LogP contribution is -2.41. The van der Waals surface area contributed by atoms with Crippen molar-refractivity contribution >= 4 is 16.9 Å². The molecule has 116 valence electrons. The fraction of sp³-hybridized carbons (Fsp3) is 0.438. The molecule has 22 heavy (non-hydrogen) atoms. The van der Waals surface area contributed by atoms with Gasteiger partial charge in [-0.05, 0) is 12.1 Å². The number of fused-ring (bicyclic) bond motifs is 1. The first kappa shape index (κ1) is 14.9. The van der Waals surface area contributed by atoms with Crippen LogP contribution in [0.25, 0.3) is 11.0 Å². The average molecular weight is 300 g/mol. The number of amides is 1. The van der Waals surface area contributed by atoms with Gasteiger partial charge < -0.3 is 15.0 Å². The summed E-state index contributed by atoms with van der Waals surface area (Å²) in [5.41, 5.74) is 2.50. The van der Waals surface area contributed by atoms with Gasteiger partial charge in [-0.25, -0.2) is 4.98 Å². The lowest BCUT2D eigenvalue weighted by atomic mass is 10.2. The monoisotopic (exact) mass is 300 g/mol. The van der Waals surface area contributed by atoms with Crippen molar-refractivity contribution in [1.29, 1.82) is 0 Å². The minimum atomic E-state index is -0.0358. The molecule has 1 fully saturated rings. The molecule has 0 spiro atoms. The van der Waals surface area contributed by atoms with E-state index in [1.807, 2.05) is 24.3 Å². The molecule has 1 aliphatic heterocycles. The molecule has 3 rings (SSSR count). The van der Waals surface area contributed by atoms with Gasteiger partial charge in [-0.2, -0.15) is 0 Å². The summed E-state index contributed by atoms with van der Waals surface area (Å²) in [6.45, 7) is 2.71. The van der Waals surface area contributed by atoms with Gasteiger partial charge in [-0.15, -0.1) is 0 Å². The summed E-state index contributed by atoms with van der Waals surface area (Å²) in [6.07, 6.45) is 2.08. The van der Waals surface area contributed by atoms with Crippen LogP contribution in [0.3, 0.4) is 0 Å². The quantitative estimate of drug-likeness (QED) is 0.911. The van der Waals surface area contributed by atoms with E-state index in [0.29, 0.717) is 19.6 Å². The van der Waals surface area contributed by atoms with Gasteiger partial charge in [-0.3, -0.25) is 9.78 Å². The number of morpholine rings is 1. The molecule has 1 aliphatic rings. The summed E-state index contributed by atoms with van der Waals surface area (Å²) in [4.78, 5) is 22.8. The molecule has 6 heteroatoms. The molecule has 1 N–H and O–H groups in total. The Morgan fingerprint density at radius 3 is 3.00 bits per heavy atom. The van der Waals surface area contributed by atoms with Crippen LogP contribution in [0, 0.1) is 0 Å². The largest absolute Gasteiger partial charge is 0.375 e. The van der Waals surface area contributed by atoms with E-state index in [4.69, 9.17) is 4.74 Å². The summed E-state index contributed by atoms with van der Waals surface area (Å²) in [6, 6.07) is 7.72. The second-order valence-electron chi connectivity index (χ2n) is 5.50. The summed E-state index contributed by atoms with van der Waals surface area (Å²) in [7, 11) is 1.79. The van der Waals surface area contributed by atoms with Gasteiger partial charge in [0.2, 0.25) is 5.91 Å². The lowest BCUT2D eigenvalue weighted by molar-refractivity contribution is -0.134. The van der Waals surface area contributed by atoms with Crippen LogP contribution in [-0.2, 0) is 16.1 Å². The van der Waals surface area contributed by atoms with Crippen LogP contribution >= 0.6 is 0 Å². The zero-order valence-electron chi connectivity index (χ0n) is 12.7. The second kappa shape index (κ2) is 6.81. The predicted octanol–water partition coefficient (Wildman–Crippen LogP) is 0.967. The van der Waals surface area contributed by atoms with Gasteiger partial charge in [0.25, 0.3) is 0 Å². The van der Waals surface area contributed by atoms with Crippen molar-refractivity contribution in [2.75, 3.05) is 26.7 Å². The van der Waals surface area contributed by atoms with Crippen LogP contribution in [0.1, 0.15) is 12.1 Å². The molecule has 1 aromatic heterocycles. The number of aromatic nitrogens is 2. The van der Waals surface area contributed by atoms with E-state index in [-0.39, 0.29) is 12.0 Å². The first-order valence-corrected chi connectivity index (χ1v) is 7.49. The Labute approximate surface area is 129 Å². The van der Waals surface area contributed by atoms with Crippen LogP contribution in [0.2, 0.25) is 0 Å². The smallest absolute Gasteiger partial charge is 0.225 e. The van der Waals surface area contributed by atoms with Crippen LogP contribution in [0.15, 0.2) is 30.5 Å². The van der Waals surface area contributed by atoms with Crippen LogP contribution < -0.4 is 5.32 Å². The molecule has 0 radical (unpaired) electrons. The number of carbonyl (C=O) groups excluding carboxylic acids is 1. The molecule has 2 aromatic rings. The van der Waals surface area contributed by atoms with Gasteiger partial charge >= 0.3 is 0 Å². The van der Waals surface area contributed by atoms with E-state index in [0.717, 1.165) is 29.8 Å². The van der Waals surface area contributed by atoms with Crippen molar-refractivity contribution in [2.45, 2.75) is 19.1 Å².